The smallest absolute Gasteiger partial charge is 0.317 e. The van der Waals surface area contributed by atoms with Crippen LogP contribution in [0.1, 0.15) is 41.6 Å². The van der Waals surface area contributed by atoms with Crippen LogP contribution < -0.4 is 5.56 Å². The van der Waals surface area contributed by atoms with E-state index in [4.69, 9.17) is 4.74 Å². The number of hydrogen-bond donors (Lipinski definition) is 1. The number of benzene rings is 1. The number of ether oxygens (including phenoxy) is 1. The highest BCUT2D eigenvalue weighted by atomic mass is 32.1. The van der Waals surface area contributed by atoms with E-state index in [0.717, 1.165) is 16.0 Å². The largest absolute Gasteiger partial charge is 0.457 e. The van der Waals surface area contributed by atoms with Crippen molar-refractivity contribution in [3.05, 3.63) is 62.5 Å². The van der Waals surface area contributed by atoms with Gasteiger partial charge in [0, 0.05) is 24.9 Å². The van der Waals surface area contributed by atoms with E-state index in [2.05, 4.69) is 9.97 Å². The Balaban J connectivity index is 1.58. The molecule has 3 aromatic rings. The molecule has 1 aliphatic heterocycles. The van der Waals surface area contributed by atoms with Gasteiger partial charge in [-0.25, -0.2) is 4.98 Å². The number of carbonyl (C=O) groups excluding carboxylic acids is 2. The third-order valence-corrected chi connectivity index (χ3v) is 7.31. The van der Waals surface area contributed by atoms with Crippen molar-refractivity contribution in [1.82, 2.24) is 14.9 Å². The van der Waals surface area contributed by atoms with Gasteiger partial charge in [-0.3, -0.25) is 14.4 Å². The number of thiophene rings is 1. The van der Waals surface area contributed by atoms with Gasteiger partial charge < -0.3 is 14.6 Å². The number of nitrogens with zero attached hydrogens (tertiary/aromatic N) is 2. The average molecular weight is 440 g/mol. The van der Waals surface area contributed by atoms with Crippen LogP contribution in [0.3, 0.4) is 0 Å². The zero-order valence-electron chi connectivity index (χ0n) is 17.9. The quantitative estimate of drug-likeness (QED) is 0.630. The Morgan fingerprint density at radius 1 is 1.19 bits per heavy atom. The lowest BCUT2D eigenvalue weighted by molar-refractivity contribution is -0.155. The number of carbonyl (C=O) groups is 2. The number of H-pyrrole nitrogens is 1. The van der Waals surface area contributed by atoms with E-state index in [0.29, 0.717) is 42.0 Å². The van der Waals surface area contributed by atoms with E-state index in [-0.39, 0.29) is 24.0 Å². The van der Waals surface area contributed by atoms with Crippen LogP contribution in [0.25, 0.3) is 10.2 Å². The molecule has 0 atom stereocenters. The molecule has 1 fully saturated rings. The summed E-state index contributed by atoms with van der Waals surface area (Å²) >= 11 is 1.46. The van der Waals surface area contributed by atoms with Gasteiger partial charge in [0.15, 0.2) is 0 Å². The Labute approximate surface area is 184 Å². The summed E-state index contributed by atoms with van der Waals surface area (Å²) < 4.78 is 5.69. The second-order valence-electron chi connectivity index (χ2n) is 8.01. The first-order valence-electron chi connectivity index (χ1n) is 10.3. The SMILES string of the molecule is CC(=O)N1CCC(C(=O)OCc2nc3sc(C)c(C)c3c(=O)[nH]2)(c2ccccc2)CC1. The van der Waals surface area contributed by atoms with E-state index < -0.39 is 5.41 Å². The van der Waals surface area contributed by atoms with Crippen molar-refractivity contribution >= 4 is 33.4 Å². The fourth-order valence-electron chi connectivity index (χ4n) is 4.21. The Morgan fingerprint density at radius 3 is 2.52 bits per heavy atom. The number of aromatic amines is 1. The molecule has 4 rings (SSSR count). The van der Waals surface area contributed by atoms with Gasteiger partial charge in [0.05, 0.1) is 10.8 Å². The van der Waals surface area contributed by atoms with Crippen molar-refractivity contribution in [3.63, 3.8) is 0 Å². The van der Waals surface area contributed by atoms with Crippen LogP contribution in [0, 0.1) is 13.8 Å². The van der Waals surface area contributed by atoms with Gasteiger partial charge in [-0.05, 0) is 37.8 Å². The second-order valence-corrected chi connectivity index (χ2v) is 9.21. The lowest BCUT2D eigenvalue weighted by Gasteiger charge is -2.40. The Hall–Kier alpha value is -3.00. The molecule has 0 radical (unpaired) electrons. The fourth-order valence-corrected chi connectivity index (χ4v) is 5.26. The van der Waals surface area contributed by atoms with E-state index in [1.54, 1.807) is 11.8 Å². The maximum atomic E-state index is 13.3. The number of piperidine rings is 1. The highest BCUT2D eigenvalue weighted by Crippen LogP contribution is 2.37. The summed E-state index contributed by atoms with van der Waals surface area (Å²) in [4.78, 5) is 48.3. The normalized spacial score (nSPS) is 15.8. The number of esters is 1. The van der Waals surface area contributed by atoms with Crippen LogP contribution in [0.2, 0.25) is 0 Å². The molecule has 1 amide bonds. The van der Waals surface area contributed by atoms with E-state index in [1.807, 2.05) is 44.2 Å². The van der Waals surface area contributed by atoms with Gasteiger partial charge in [0.1, 0.15) is 17.3 Å². The summed E-state index contributed by atoms with van der Waals surface area (Å²) in [6.07, 6.45) is 0.976. The molecule has 2 aromatic heterocycles. The molecule has 3 heterocycles. The van der Waals surface area contributed by atoms with Gasteiger partial charge >= 0.3 is 5.97 Å². The second kappa shape index (κ2) is 8.26. The number of likely N-dealkylation sites (tertiary alicyclic amines) is 1. The topological polar surface area (TPSA) is 92.4 Å². The molecule has 1 N–H and O–H groups in total. The molecular weight excluding hydrogens is 414 g/mol. The summed E-state index contributed by atoms with van der Waals surface area (Å²) in [5, 5.41) is 0.593. The van der Waals surface area contributed by atoms with Crippen LogP contribution in [0.4, 0.5) is 0 Å². The molecule has 7 nitrogen and oxygen atoms in total. The molecule has 1 aromatic carbocycles. The summed E-state index contributed by atoms with van der Waals surface area (Å²) in [7, 11) is 0. The summed E-state index contributed by atoms with van der Waals surface area (Å²) in [6.45, 7) is 6.28. The maximum Gasteiger partial charge on any atom is 0.317 e. The number of aryl methyl sites for hydroxylation is 2. The molecule has 1 aliphatic rings. The van der Waals surface area contributed by atoms with E-state index >= 15 is 0 Å². The first kappa shape index (κ1) is 21.2. The monoisotopic (exact) mass is 439 g/mol. The van der Waals surface area contributed by atoms with Crippen LogP contribution in [0.15, 0.2) is 35.1 Å². The predicted octanol–water partition coefficient (Wildman–Crippen LogP) is 3.22. The van der Waals surface area contributed by atoms with Crippen molar-refractivity contribution < 1.29 is 14.3 Å². The fraction of sp³-hybridized carbons (Fsp3) is 0.391. The highest BCUT2D eigenvalue weighted by molar-refractivity contribution is 7.18. The van der Waals surface area contributed by atoms with E-state index in [9.17, 15) is 14.4 Å². The van der Waals surface area contributed by atoms with Crippen LogP contribution in [-0.2, 0) is 26.3 Å². The number of aromatic nitrogens is 2. The third-order valence-electron chi connectivity index (χ3n) is 6.21. The zero-order chi connectivity index (χ0) is 22.2. The van der Waals surface area contributed by atoms with Crippen molar-refractivity contribution in [2.24, 2.45) is 0 Å². The lowest BCUT2D eigenvalue weighted by Crippen LogP contribution is -2.49. The number of fused-ring (bicyclic) bond motifs is 1. The number of hydrogen-bond acceptors (Lipinski definition) is 6. The van der Waals surface area contributed by atoms with Gasteiger partial charge in [-0.2, -0.15) is 0 Å². The molecule has 0 aliphatic carbocycles. The molecule has 8 heteroatoms. The Morgan fingerprint density at radius 2 is 1.87 bits per heavy atom. The minimum absolute atomic E-state index is 0.00615. The molecule has 0 unspecified atom stereocenters. The molecule has 0 saturated carbocycles. The van der Waals surface area contributed by atoms with Crippen molar-refractivity contribution in [3.8, 4) is 0 Å². The minimum Gasteiger partial charge on any atom is -0.457 e. The minimum atomic E-state index is -0.826. The standard InChI is InChI=1S/C23H25N3O4S/c1-14-15(2)31-21-19(14)20(28)24-18(25-21)13-30-22(29)23(17-7-5-4-6-8-17)9-11-26(12-10-23)16(3)27/h4-8H,9-13H2,1-3H3,(H,24,25,28). The van der Waals surface area contributed by atoms with Crippen LogP contribution in [-0.4, -0.2) is 39.8 Å². The Kier molecular flexibility index (Phi) is 5.66. The van der Waals surface area contributed by atoms with E-state index in [1.165, 1.54) is 11.3 Å². The van der Waals surface area contributed by atoms with Gasteiger partial charge in [0.2, 0.25) is 5.91 Å². The maximum absolute atomic E-state index is 13.3. The van der Waals surface area contributed by atoms with Crippen molar-refractivity contribution in [2.75, 3.05) is 13.1 Å². The van der Waals surface area contributed by atoms with Gasteiger partial charge in [-0.15, -0.1) is 11.3 Å². The van der Waals surface area contributed by atoms with Crippen molar-refractivity contribution in [2.45, 2.75) is 45.6 Å². The third kappa shape index (κ3) is 3.87. The van der Waals surface area contributed by atoms with Gasteiger partial charge in [-0.1, -0.05) is 30.3 Å². The Bertz CT molecular complexity index is 1190. The number of rotatable bonds is 4. The molecular formula is C23H25N3O4S. The van der Waals surface area contributed by atoms with Gasteiger partial charge in [0.25, 0.3) is 5.56 Å². The predicted molar refractivity (Wildman–Crippen MR) is 119 cm³/mol. The molecule has 162 valence electrons. The number of nitrogens with one attached hydrogen (secondary N) is 1. The lowest BCUT2D eigenvalue weighted by atomic mass is 9.72. The molecule has 1 saturated heterocycles. The molecule has 0 bridgehead atoms. The van der Waals surface area contributed by atoms with Crippen molar-refractivity contribution in [1.29, 1.82) is 0 Å². The average Bonchev–Trinajstić information content (AvgIpc) is 3.06. The number of amides is 1. The summed E-state index contributed by atoms with van der Waals surface area (Å²) in [5.41, 5.74) is 0.765. The molecule has 31 heavy (non-hydrogen) atoms. The van der Waals surface area contributed by atoms with Crippen LogP contribution >= 0.6 is 11.3 Å². The summed E-state index contributed by atoms with van der Waals surface area (Å²) in [5.74, 6) is -0.0219. The first-order valence-corrected chi connectivity index (χ1v) is 11.1. The molecule has 0 spiro atoms. The zero-order valence-corrected chi connectivity index (χ0v) is 18.7. The summed E-state index contributed by atoms with van der Waals surface area (Å²) in [6, 6.07) is 9.55. The first-order chi connectivity index (χ1) is 14.8. The highest BCUT2D eigenvalue weighted by Gasteiger charge is 2.44. The van der Waals surface area contributed by atoms with Crippen LogP contribution in [0.5, 0.6) is 0 Å².